The van der Waals surface area contributed by atoms with Gasteiger partial charge in [-0.05, 0) is 49.1 Å². The molecule has 5 nitrogen and oxygen atoms in total. The molecule has 0 saturated heterocycles. The van der Waals surface area contributed by atoms with Crippen LogP contribution in [0.1, 0.15) is 43.9 Å². The molecule has 27 heavy (non-hydrogen) atoms. The molecule has 0 aliphatic rings. The number of nitrogens with zero attached hydrogens (tertiary/aromatic N) is 1. The molecular formula is C20H24N2O3S2. The van der Waals surface area contributed by atoms with Gasteiger partial charge < -0.3 is 0 Å². The van der Waals surface area contributed by atoms with Crippen LogP contribution in [0.3, 0.4) is 0 Å². The number of sulfonamides is 1. The van der Waals surface area contributed by atoms with Gasteiger partial charge in [-0.15, -0.1) is 0 Å². The van der Waals surface area contributed by atoms with Crippen LogP contribution in [-0.2, 0) is 16.6 Å². The predicted molar refractivity (Wildman–Crippen MR) is 111 cm³/mol. The number of hydrogen-bond donors (Lipinski definition) is 1. The minimum atomic E-state index is -3.70. The summed E-state index contributed by atoms with van der Waals surface area (Å²) in [6.07, 6.45) is 1.49. The molecule has 2 aromatic carbocycles. The van der Waals surface area contributed by atoms with Crippen LogP contribution in [0.2, 0.25) is 0 Å². The molecule has 0 amide bonds. The van der Waals surface area contributed by atoms with Crippen LogP contribution in [0.5, 0.6) is 0 Å². The molecule has 1 atom stereocenters. The van der Waals surface area contributed by atoms with E-state index in [4.69, 9.17) is 0 Å². The maximum atomic E-state index is 13.0. The monoisotopic (exact) mass is 404 g/mol. The van der Waals surface area contributed by atoms with E-state index in [9.17, 15) is 13.2 Å². The van der Waals surface area contributed by atoms with E-state index < -0.39 is 10.0 Å². The highest BCUT2D eigenvalue weighted by molar-refractivity contribution is 7.89. The Morgan fingerprint density at radius 1 is 1.15 bits per heavy atom. The van der Waals surface area contributed by atoms with Gasteiger partial charge in [0, 0.05) is 12.6 Å². The molecule has 1 heterocycles. The zero-order chi connectivity index (χ0) is 19.6. The molecular weight excluding hydrogens is 380 g/mol. The van der Waals surface area contributed by atoms with Crippen LogP contribution < -0.4 is 9.60 Å². The van der Waals surface area contributed by atoms with Gasteiger partial charge in [-0.1, -0.05) is 49.4 Å². The highest BCUT2D eigenvalue weighted by atomic mass is 32.2. The third kappa shape index (κ3) is 4.00. The van der Waals surface area contributed by atoms with E-state index in [0.29, 0.717) is 17.7 Å². The zero-order valence-electron chi connectivity index (χ0n) is 15.7. The number of fused-ring (bicyclic) bond motifs is 1. The van der Waals surface area contributed by atoms with Crippen LogP contribution in [-0.4, -0.2) is 13.0 Å². The number of thiazole rings is 1. The Bertz CT molecular complexity index is 1110. The Morgan fingerprint density at radius 2 is 1.89 bits per heavy atom. The standard InChI is InChI=1S/C20H24N2O3S2/c1-4-12-22-18-11-10-15(13-19(18)26-20(22)23)27(24,25)21-17(5-2)16-9-7-6-8-14(16)3/h6-11,13,17,21H,4-5,12H2,1-3H3/t17-/m1/s1. The Kier molecular flexibility index (Phi) is 5.83. The van der Waals surface area contributed by atoms with Crippen LogP contribution in [0, 0.1) is 6.92 Å². The van der Waals surface area contributed by atoms with E-state index in [1.807, 2.05) is 45.0 Å². The van der Waals surface area contributed by atoms with Crippen molar-refractivity contribution in [3.05, 3.63) is 63.3 Å². The number of rotatable bonds is 7. The minimum absolute atomic E-state index is 0.0549. The molecule has 7 heteroatoms. The fourth-order valence-corrected chi connectivity index (χ4v) is 5.60. The maximum Gasteiger partial charge on any atom is 0.308 e. The van der Waals surface area contributed by atoms with Crippen molar-refractivity contribution in [1.29, 1.82) is 0 Å². The third-order valence-electron chi connectivity index (χ3n) is 4.67. The Hall–Kier alpha value is -1.96. The fourth-order valence-electron chi connectivity index (χ4n) is 3.25. The normalized spacial score (nSPS) is 13.1. The van der Waals surface area contributed by atoms with Gasteiger partial charge >= 0.3 is 4.87 Å². The lowest BCUT2D eigenvalue weighted by Gasteiger charge is -2.19. The molecule has 0 spiro atoms. The van der Waals surface area contributed by atoms with Gasteiger partial charge in [-0.3, -0.25) is 9.36 Å². The molecule has 3 aromatic rings. The molecule has 0 aliphatic heterocycles. The Labute approximate surface area is 163 Å². The lowest BCUT2D eigenvalue weighted by molar-refractivity contribution is 0.549. The molecule has 0 saturated carbocycles. The summed E-state index contributed by atoms with van der Waals surface area (Å²) in [6, 6.07) is 12.4. The quantitative estimate of drug-likeness (QED) is 0.641. The molecule has 144 valence electrons. The van der Waals surface area contributed by atoms with Crippen molar-refractivity contribution in [2.24, 2.45) is 0 Å². The fraction of sp³-hybridized carbons (Fsp3) is 0.350. The zero-order valence-corrected chi connectivity index (χ0v) is 17.4. The van der Waals surface area contributed by atoms with E-state index >= 15 is 0 Å². The molecule has 1 aromatic heterocycles. The molecule has 0 unspecified atom stereocenters. The first-order valence-corrected chi connectivity index (χ1v) is 11.4. The van der Waals surface area contributed by atoms with E-state index in [-0.39, 0.29) is 15.8 Å². The smallest absolute Gasteiger partial charge is 0.299 e. The van der Waals surface area contributed by atoms with Gasteiger partial charge in [-0.2, -0.15) is 0 Å². The highest BCUT2D eigenvalue weighted by Crippen LogP contribution is 2.26. The van der Waals surface area contributed by atoms with Gasteiger partial charge in [0.1, 0.15) is 0 Å². The predicted octanol–water partition coefficient (Wildman–Crippen LogP) is 4.21. The van der Waals surface area contributed by atoms with Crippen LogP contribution in [0.25, 0.3) is 10.2 Å². The van der Waals surface area contributed by atoms with Crippen molar-refractivity contribution in [2.75, 3.05) is 0 Å². The summed E-state index contributed by atoms with van der Waals surface area (Å²) in [5.74, 6) is 0. The molecule has 0 fully saturated rings. The van der Waals surface area contributed by atoms with Crippen molar-refractivity contribution in [2.45, 2.75) is 51.1 Å². The average molecular weight is 405 g/mol. The first-order chi connectivity index (χ1) is 12.9. The summed E-state index contributed by atoms with van der Waals surface area (Å²) in [6.45, 7) is 6.58. The summed E-state index contributed by atoms with van der Waals surface area (Å²) in [5, 5.41) is 0. The Morgan fingerprint density at radius 3 is 2.56 bits per heavy atom. The molecule has 3 rings (SSSR count). The largest absolute Gasteiger partial charge is 0.308 e. The van der Waals surface area contributed by atoms with Crippen molar-refractivity contribution in [3.63, 3.8) is 0 Å². The molecule has 0 radical (unpaired) electrons. The van der Waals surface area contributed by atoms with Gasteiger partial charge in [0.05, 0.1) is 15.1 Å². The Balaban J connectivity index is 1.97. The van der Waals surface area contributed by atoms with Crippen molar-refractivity contribution in [3.8, 4) is 0 Å². The number of nitrogens with one attached hydrogen (secondary N) is 1. The summed E-state index contributed by atoms with van der Waals surface area (Å²) in [4.78, 5) is 12.3. The number of hydrogen-bond acceptors (Lipinski definition) is 4. The first-order valence-electron chi connectivity index (χ1n) is 9.08. The van der Waals surface area contributed by atoms with E-state index in [1.54, 1.807) is 22.8 Å². The van der Waals surface area contributed by atoms with Crippen molar-refractivity contribution in [1.82, 2.24) is 9.29 Å². The van der Waals surface area contributed by atoms with Gasteiger partial charge in [0.25, 0.3) is 0 Å². The second-order valence-electron chi connectivity index (χ2n) is 6.59. The number of aryl methyl sites for hydroxylation is 2. The second kappa shape index (κ2) is 7.96. The van der Waals surface area contributed by atoms with Crippen LogP contribution >= 0.6 is 11.3 Å². The molecule has 0 aliphatic carbocycles. The topological polar surface area (TPSA) is 68.2 Å². The third-order valence-corrected chi connectivity index (χ3v) is 7.08. The minimum Gasteiger partial charge on any atom is -0.299 e. The second-order valence-corrected chi connectivity index (χ2v) is 9.30. The molecule has 0 bridgehead atoms. The molecule has 1 N–H and O–H groups in total. The first kappa shape index (κ1) is 19.8. The van der Waals surface area contributed by atoms with Crippen LogP contribution in [0.4, 0.5) is 0 Å². The van der Waals surface area contributed by atoms with Crippen molar-refractivity contribution < 1.29 is 8.42 Å². The van der Waals surface area contributed by atoms with Crippen LogP contribution in [0.15, 0.2) is 52.2 Å². The SMILES string of the molecule is CCCn1c(=O)sc2cc(S(=O)(=O)N[C@H](CC)c3ccccc3C)ccc21. The maximum absolute atomic E-state index is 13.0. The number of benzene rings is 2. The number of aromatic nitrogens is 1. The van der Waals surface area contributed by atoms with Gasteiger partial charge in [0.15, 0.2) is 0 Å². The summed E-state index contributed by atoms with van der Waals surface area (Å²) >= 11 is 1.09. The van der Waals surface area contributed by atoms with Gasteiger partial charge in [0.2, 0.25) is 10.0 Å². The highest BCUT2D eigenvalue weighted by Gasteiger charge is 2.22. The summed E-state index contributed by atoms with van der Waals surface area (Å²) < 4.78 is 31.1. The lowest BCUT2D eigenvalue weighted by atomic mass is 10.0. The van der Waals surface area contributed by atoms with E-state index in [0.717, 1.165) is 34.4 Å². The van der Waals surface area contributed by atoms with Crippen molar-refractivity contribution >= 4 is 31.6 Å². The van der Waals surface area contributed by atoms with E-state index in [1.165, 1.54) is 0 Å². The van der Waals surface area contributed by atoms with E-state index in [2.05, 4.69) is 4.72 Å². The average Bonchev–Trinajstić information content (AvgIpc) is 2.95. The lowest BCUT2D eigenvalue weighted by Crippen LogP contribution is -2.28. The van der Waals surface area contributed by atoms with Gasteiger partial charge in [-0.25, -0.2) is 13.1 Å². The summed E-state index contributed by atoms with van der Waals surface area (Å²) in [7, 11) is -3.70. The summed E-state index contributed by atoms with van der Waals surface area (Å²) in [5.41, 5.74) is 2.82.